The van der Waals surface area contributed by atoms with Gasteiger partial charge in [0, 0.05) is 32.2 Å². The van der Waals surface area contributed by atoms with Crippen molar-refractivity contribution in [3.05, 3.63) is 60.0 Å². The number of nitrogens with zero attached hydrogens (tertiary/aromatic N) is 1. The zero-order valence-corrected chi connectivity index (χ0v) is 19.5. The second-order valence-corrected chi connectivity index (χ2v) is 8.33. The molecule has 2 aromatic rings. The number of aliphatic imine (C=N–C) groups is 1. The number of hydrogen-bond donors (Lipinski definition) is 3. The molecule has 2 rings (SSSR count). The van der Waals surface area contributed by atoms with Crippen molar-refractivity contribution in [3.63, 3.8) is 0 Å². The molecule has 0 radical (unpaired) electrons. The minimum Gasteiger partial charge on any atom is -0.489 e. The predicted molar refractivity (Wildman–Crippen MR) is 125 cm³/mol. The van der Waals surface area contributed by atoms with Crippen molar-refractivity contribution in [3.8, 4) is 5.75 Å². The van der Waals surface area contributed by atoms with Crippen LogP contribution in [0.5, 0.6) is 5.75 Å². The van der Waals surface area contributed by atoms with E-state index in [4.69, 9.17) is 4.74 Å². The number of nitrogens with one attached hydrogen (secondary N) is 3. The first-order valence-corrected chi connectivity index (χ1v) is 10.7. The summed E-state index contributed by atoms with van der Waals surface area (Å²) in [5, 5.41) is 8.00. The Balaban J connectivity index is 0.00000392. The SMILES string of the molecule is C=CCOc1ccccc1CNC(=NC)NCCNS(=O)(=O)c1cccs1.I. The van der Waals surface area contributed by atoms with Crippen molar-refractivity contribution in [1.29, 1.82) is 0 Å². The van der Waals surface area contributed by atoms with Crippen LogP contribution < -0.4 is 20.1 Å². The van der Waals surface area contributed by atoms with Crippen LogP contribution in [0.1, 0.15) is 5.56 Å². The third-order valence-electron chi connectivity index (χ3n) is 3.47. The molecule has 0 saturated heterocycles. The average molecular weight is 536 g/mol. The summed E-state index contributed by atoms with van der Waals surface area (Å²) in [6.07, 6.45) is 1.70. The van der Waals surface area contributed by atoms with Gasteiger partial charge in [-0.05, 0) is 17.5 Å². The maximum absolute atomic E-state index is 12.0. The summed E-state index contributed by atoms with van der Waals surface area (Å²) < 4.78 is 32.6. The van der Waals surface area contributed by atoms with Gasteiger partial charge in [0.2, 0.25) is 10.0 Å². The first kappa shape index (κ1) is 24.4. The van der Waals surface area contributed by atoms with Gasteiger partial charge in [-0.25, -0.2) is 13.1 Å². The highest BCUT2D eigenvalue weighted by molar-refractivity contribution is 14.0. The lowest BCUT2D eigenvalue weighted by Gasteiger charge is -2.14. The van der Waals surface area contributed by atoms with Crippen LogP contribution in [0.2, 0.25) is 0 Å². The normalized spacial score (nSPS) is 11.4. The molecule has 0 aliphatic carbocycles. The zero-order chi connectivity index (χ0) is 19.5. The van der Waals surface area contributed by atoms with Crippen molar-refractivity contribution < 1.29 is 13.2 Å². The highest BCUT2D eigenvalue weighted by Crippen LogP contribution is 2.17. The lowest BCUT2D eigenvalue weighted by Crippen LogP contribution is -2.41. The van der Waals surface area contributed by atoms with Gasteiger partial charge in [-0.2, -0.15) is 0 Å². The zero-order valence-electron chi connectivity index (χ0n) is 15.6. The lowest BCUT2D eigenvalue weighted by atomic mass is 10.2. The summed E-state index contributed by atoms with van der Waals surface area (Å²) >= 11 is 1.19. The molecule has 1 aromatic carbocycles. The van der Waals surface area contributed by atoms with Crippen LogP contribution in [0.25, 0.3) is 0 Å². The van der Waals surface area contributed by atoms with Crippen LogP contribution in [-0.4, -0.2) is 41.1 Å². The number of para-hydroxylation sites is 1. The van der Waals surface area contributed by atoms with Crippen LogP contribution in [-0.2, 0) is 16.6 Å². The third kappa shape index (κ3) is 7.78. The van der Waals surface area contributed by atoms with E-state index in [0.717, 1.165) is 11.3 Å². The number of guanidine groups is 1. The Kier molecular flexibility index (Phi) is 11.1. The van der Waals surface area contributed by atoms with Crippen molar-refractivity contribution in [2.75, 3.05) is 26.7 Å². The molecular formula is C18H25IN4O3S2. The van der Waals surface area contributed by atoms with Crippen LogP contribution in [0.3, 0.4) is 0 Å². The molecular weight excluding hydrogens is 511 g/mol. The second kappa shape index (κ2) is 12.8. The van der Waals surface area contributed by atoms with E-state index in [1.54, 1.807) is 30.6 Å². The number of thiophene rings is 1. The van der Waals surface area contributed by atoms with E-state index < -0.39 is 10.0 Å². The fraction of sp³-hybridized carbons (Fsp3) is 0.278. The van der Waals surface area contributed by atoms with E-state index in [0.29, 0.717) is 29.9 Å². The van der Waals surface area contributed by atoms with E-state index in [9.17, 15) is 8.42 Å². The Bertz CT molecular complexity index is 855. The number of ether oxygens (including phenoxy) is 1. The summed E-state index contributed by atoms with van der Waals surface area (Å²) in [6, 6.07) is 11.0. The lowest BCUT2D eigenvalue weighted by molar-refractivity contribution is 0.358. The van der Waals surface area contributed by atoms with Crippen molar-refractivity contribution >= 4 is 51.3 Å². The Morgan fingerprint density at radius 1 is 1.21 bits per heavy atom. The van der Waals surface area contributed by atoms with Gasteiger partial charge in [-0.15, -0.1) is 35.3 Å². The minimum absolute atomic E-state index is 0. The topological polar surface area (TPSA) is 91.8 Å². The van der Waals surface area contributed by atoms with Crippen LogP contribution in [0.4, 0.5) is 0 Å². The number of sulfonamides is 1. The van der Waals surface area contributed by atoms with Gasteiger partial charge in [-0.1, -0.05) is 36.9 Å². The molecule has 3 N–H and O–H groups in total. The summed E-state index contributed by atoms with van der Waals surface area (Å²) in [6.45, 7) is 5.26. The molecule has 28 heavy (non-hydrogen) atoms. The van der Waals surface area contributed by atoms with E-state index in [1.165, 1.54) is 11.3 Å². The molecule has 0 saturated carbocycles. The maximum Gasteiger partial charge on any atom is 0.250 e. The first-order chi connectivity index (χ1) is 13.1. The molecule has 0 spiro atoms. The van der Waals surface area contributed by atoms with Crippen LogP contribution in [0.15, 0.2) is 63.6 Å². The molecule has 0 amide bonds. The highest BCUT2D eigenvalue weighted by Gasteiger charge is 2.13. The van der Waals surface area contributed by atoms with E-state index in [2.05, 4.69) is 26.9 Å². The van der Waals surface area contributed by atoms with Crippen molar-refractivity contribution in [2.24, 2.45) is 4.99 Å². The standard InChI is InChI=1S/C18H24N4O3S2.HI/c1-3-12-25-16-8-5-4-7-15(16)14-21-18(19-2)20-10-11-22-27(23,24)17-9-6-13-26-17;/h3-9,13,22H,1,10-12,14H2,2H3,(H2,19,20,21);1H. The summed E-state index contributed by atoms with van der Waals surface area (Å²) in [5.74, 6) is 1.35. The minimum atomic E-state index is -3.45. The second-order valence-electron chi connectivity index (χ2n) is 5.39. The molecule has 0 fully saturated rings. The Morgan fingerprint density at radius 2 is 2.00 bits per heavy atom. The third-order valence-corrected chi connectivity index (χ3v) is 6.33. The van der Waals surface area contributed by atoms with Gasteiger partial charge in [-0.3, -0.25) is 4.99 Å². The molecule has 1 heterocycles. The fourth-order valence-corrected chi connectivity index (χ4v) is 4.26. The van der Waals surface area contributed by atoms with Crippen molar-refractivity contribution in [2.45, 2.75) is 10.8 Å². The largest absolute Gasteiger partial charge is 0.489 e. The van der Waals surface area contributed by atoms with Crippen molar-refractivity contribution in [1.82, 2.24) is 15.4 Å². The molecule has 0 bridgehead atoms. The molecule has 0 aliphatic rings. The van der Waals surface area contributed by atoms with Gasteiger partial charge in [0.15, 0.2) is 5.96 Å². The smallest absolute Gasteiger partial charge is 0.250 e. The van der Waals surface area contributed by atoms with E-state index in [-0.39, 0.29) is 30.5 Å². The molecule has 7 nitrogen and oxygen atoms in total. The quantitative estimate of drug-likeness (QED) is 0.143. The molecule has 154 valence electrons. The van der Waals surface area contributed by atoms with Gasteiger partial charge in [0.1, 0.15) is 16.6 Å². The van der Waals surface area contributed by atoms with E-state index >= 15 is 0 Å². The molecule has 1 aromatic heterocycles. The van der Waals surface area contributed by atoms with Crippen LogP contribution >= 0.6 is 35.3 Å². The molecule has 0 unspecified atom stereocenters. The summed E-state index contributed by atoms with van der Waals surface area (Å²) in [5.41, 5.74) is 0.987. The van der Waals surface area contributed by atoms with Crippen LogP contribution in [0, 0.1) is 0 Å². The monoisotopic (exact) mass is 536 g/mol. The average Bonchev–Trinajstić information content (AvgIpc) is 3.22. The first-order valence-electron chi connectivity index (χ1n) is 8.36. The maximum atomic E-state index is 12.0. The Morgan fingerprint density at radius 3 is 2.68 bits per heavy atom. The van der Waals surface area contributed by atoms with E-state index in [1.807, 2.05) is 24.3 Å². The molecule has 10 heteroatoms. The molecule has 0 atom stereocenters. The Hall–Kier alpha value is -1.63. The van der Waals surface area contributed by atoms with Gasteiger partial charge in [0.05, 0.1) is 0 Å². The number of benzene rings is 1. The number of rotatable bonds is 10. The van der Waals surface area contributed by atoms with Gasteiger partial charge < -0.3 is 15.4 Å². The van der Waals surface area contributed by atoms with Gasteiger partial charge >= 0.3 is 0 Å². The molecule has 0 aliphatic heterocycles. The summed E-state index contributed by atoms with van der Waals surface area (Å²) in [7, 11) is -1.79. The fourth-order valence-electron chi connectivity index (χ4n) is 2.19. The predicted octanol–water partition coefficient (Wildman–Crippen LogP) is 2.57. The van der Waals surface area contributed by atoms with Gasteiger partial charge in [0.25, 0.3) is 0 Å². The number of halogens is 1. The summed E-state index contributed by atoms with van der Waals surface area (Å²) in [4.78, 5) is 4.14. The number of hydrogen-bond acceptors (Lipinski definition) is 5. The highest BCUT2D eigenvalue weighted by atomic mass is 127. The Labute approximate surface area is 187 Å².